The predicted molar refractivity (Wildman–Crippen MR) is 75.2 cm³/mol. The number of carboxylic acid groups (broad SMARTS) is 1. The summed E-state index contributed by atoms with van der Waals surface area (Å²) in [6.07, 6.45) is 2.91. The van der Waals surface area contributed by atoms with Gasteiger partial charge in [0.15, 0.2) is 0 Å². The number of halogens is 1. The third-order valence-corrected chi connectivity index (χ3v) is 4.00. The van der Waals surface area contributed by atoms with Crippen LogP contribution in [0.3, 0.4) is 0 Å². The third-order valence-electron chi connectivity index (χ3n) is 3.69. The van der Waals surface area contributed by atoms with Crippen molar-refractivity contribution in [2.75, 3.05) is 12.4 Å². The zero-order chi connectivity index (χ0) is 14.8. The quantitative estimate of drug-likeness (QED) is 0.876. The molecule has 0 aromatic heterocycles. The maximum absolute atomic E-state index is 12.1. The molecular formula is C14H16ClNO4. The molecule has 1 aliphatic rings. The summed E-state index contributed by atoms with van der Waals surface area (Å²) in [5.74, 6) is -1.42. The van der Waals surface area contributed by atoms with Crippen LogP contribution in [0.1, 0.15) is 36.0 Å². The van der Waals surface area contributed by atoms with Crippen molar-refractivity contribution in [1.82, 2.24) is 0 Å². The lowest BCUT2D eigenvalue weighted by molar-refractivity contribution is -0.129. The van der Waals surface area contributed by atoms with E-state index in [1.807, 2.05) is 0 Å². The van der Waals surface area contributed by atoms with E-state index >= 15 is 0 Å². The molecule has 0 aliphatic heterocycles. The van der Waals surface area contributed by atoms with Crippen LogP contribution in [0, 0.1) is 0 Å². The molecule has 1 saturated carbocycles. The standard InChI is InChI=1S/C14H16ClNO4/c1-20-14(6-3-7-14)8-11(17)16-12-9(13(18)19)4-2-5-10(12)15/h2,4-5H,3,6-8H2,1H3,(H,16,17)(H,18,19). The van der Waals surface area contributed by atoms with Gasteiger partial charge in [-0.25, -0.2) is 4.79 Å². The molecule has 2 N–H and O–H groups in total. The second kappa shape index (κ2) is 5.81. The van der Waals surface area contributed by atoms with Crippen LogP contribution < -0.4 is 5.32 Å². The number of hydrogen-bond donors (Lipinski definition) is 2. The minimum atomic E-state index is -1.13. The molecule has 0 saturated heterocycles. The van der Waals surface area contributed by atoms with E-state index in [1.54, 1.807) is 13.2 Å². The topological polar surface area (TPSA) is 75.6 Å². The van der Waals surface area contributed by atoms with E-state index in [2.05, 4.69) is 5.32 Å². The number of ether oxygens (including phenoxy) is 1. The Kier molecular flexibility index (Phi) is 4.30. The molecule has 0 radical (unpaired) electrons. The Labute approximate surface area is 121 Å². The molecule has 5 nitrogen and oxygen atoms in total. The number of aromatic carboxylic acids is 1. The van der Waals surface area contributed by atoms with Crippen LogP contribution in [0.5, 0.6) is 0 Å². The number of benzene rings is 1. The fourth-order valence-electron chi connectivity index (χ4n) is 2.33. The Bertz CT molecular complexity index is 534. The molecule has 2 rings (SSSR count). The average molecular weight is 298 g/mol. The lowest BCUT2D eigenvalue weighted by atomic mass is 9.77. The molecule has 1 amide bonds. The summed E-state index contributed by atoms with van der Waals surface area (Å²) in [5.41, 5.74) is -0.294. The van der Waals surface area contributed by atoms with Crippen molar-refractivity contribution < 1.29 is 19.4 Å². The molecular weight excluding hydrogens is 282 g/mol. The molecule has 1 aromatic carbocycles. The highest BCUT2D eigenvalue weighted by Gasteiger charge is 2.39. The third kappa shape index (κ3) is 2.94. The first-order valence-electron chi connectivity index (χ1n) is 6.34. The van der Waals surface area contributed by atoms with E-state index in [9.17, 15) is 9.59 Å². The maximum Gasteiger partial charge on any atom is 0.337 e. The lowest BCUT2D eigenvalue weighted by Gasteiger charge is -2.39. The SMILES string of the molecule is COC1(CC(=O)Nc2c(Cl)cccc2C(=O)O)CCC1. The number of carbonyl (C=O) groups is 2. The number of hydrogen-bond acceptors (Lipinski definition) is 3. The van der Waals surface area contributed by atoms with Crippen molar-refractivity contribution in [3.05, 3.63) is 28.8 Å². The fourth-order valence-corrected chi connectivity index (χ4v) is 2.55. The van der Waals surface area contributed by atoms with Gasteiger partial charge in [0, 0.05) is 7.11 Å². The highest BCUT2D eigenvalue weighted by Crippen LogP contribution is 2.38. The molecule has 0 atom stereocenters. The van der Waals surface area contributed by atoms with Crippen molar-refractivity contribution in [3.8, 4) is 0 Å². The zero-order valence-electron chi connectivity index (χ0n) is 11.1. The first-order chi connectivity index (χ1) is 9.47. The predicted octanol–water partition coefficient (Wildman–Crippen LogP) is 2.94. The molecule has 0 spiro atoms. The number of para-hydroxylation sites is 1. The highest BCUT2D eigenvalue weighted by atomic mass is 35.5. The number of nitrogens with one attached hydrogen (secondary N) is 1. The van der Waals surface area contributed by atoms with Crippen molar-refractivity contribution in [3.63, 3.8) is 0 Å². The molecule has 20 heavy (non-hydrogen) atoms. The van der Waals surface area contributed by atoms with Crippen molar-refractivity contribution in [2.24, 2.45) is 0 Å². The summed E-state index contributed by atoms with van der Waals surface area (Å²) in [4.78, 5) is 23.2. The van der Waals surface area contributed by atoms with Crippen LogP contribution >= 0.6 is 11.6 Å². The summed E-state index contributed by atoms with van der Waals surface area (Å²) < 4.78 is 5.38. The van der Waals surface area contributed by atoms with E-state index in [0.717, 1.165) is 19.3 Å². The molecule has 6 heteroatoms. The molecule has 0 heterocycles. The Balaban J connectivity index is 2.13. The number of methoxy groups -OCH3 is 1. The summed E-state index contributed by atoms with van der Waals surface area (Å²) in [6.45, 7) is 0. The van der Waals surface area contributed by atoms with Gasteiger partial charge in [-0.15, -0.1) is 0 Å². The summed E-state index contributed by atoms with van der Waals surface area (Å²) in [7, 11) is 1.59. The Morgan fingerprint density at radius 2 is 2.15 bits per heavy atom. The second-order valence-electron chi connectivity index (χ2n) is 4.93. The number of carboxylic acids is 1. The van der Waals surface area contributed by atoms with Gasteiger partial charge < -0.3 is 15.2 Å². The van der Waals surface area contributed by atoms with Crippen molar-refractivity contribution in [1.29, 1.82) is 0 Å². The van der Waals surface area contributed by atoms with E-state index in [1.165, 1.54) is 12.1 Å². The molecule has 108 valence electrons. The summed E-state index contributed by atoms with van der Waals surface area (Å²) in [5, 5.41) is 11.9. The maximum atomic E-state index is 12.1. The van der Waals surface area contributed by atoms with E-state index in [-0.39, 0.29) is 28.6 Å². The Morgan fingerprint density at radius 1 is 1.45 bits per heavy atom. The monoisotopic (exact) mass is 297 g/mol. The van der Waals surface area contributed by atoms with Crippen LogP contribution in [-0.4, -0.2) is 29.7 Å². The Hall–Kier alpha value is -1.59. The number of carbonyl (C=O) groups excluding carboxylic acids is 1. The van der Waals surface area contributed by atoms with Crippen LogP contribution in [0.2, 0.25) is 5.02 Å². The fraction of sp³-hybridized carbons (Fsp3) is 0.429. The first-order valence-corrected chi connectivity index (χ1v) is 6.72. The lowest BCUT2D eigenvalue weighted by Crippen LogP contribution is -2.42. The number of anilines is 1. The Morgan fingerprint density at radius 3 is 2.65 bits per heavy atom. The van der Waals surface area contributed by atoms with Crippen LogP contribution in [0.25, 0.3) is 0 Å². The van der Waals surface area contributed by atoms with Gasteiger partial charge in [-0.3, -0.25) is 4.79 Å². The highest BCUT2D eigenvalue weighted by molar-refractivity contribution is 6.34. The van der Waals surface area contributed by atoms with Gasteiger partial charge in [0.25, 0.3) is 0 Å². The molecule has 1 aliphatic carbocycles. The number of amides is 1. The van der Waals surface area contributed by atoms with Gasteiger partial charge in [0.1, 0.15) is 0 Å². The van der Waals surface area contributed by atoms with Crippen molar-refractivity contribution in [2.45, 2.75) is 31.3 Å². The second-order valence-corrected chi connectivity index (χ2v) is 5.34. The van der Waals surface area contributed by atoms with Gasteiger partial charge in [-0.2, -0.15) is 0 Å². The van der Waals surface area contributed by atoms with E-state index < -0.39 is 11.6 Å². The smallest absolute Gasteiger partial charge is 0.337 e. The molecule has 1 fully saturated rings. The van der Waals surface area contributed by atoms with E-state index in [4.69, 9.17) is 21.4 Å². The minimum Gasteiger partial charge on any atom is -0.478 e. The van der Waals surface area contributed by atoms with Crippen LogP contribution in [0.15, 0.2) is 18.2 Å². The summed E-state index contributed by atoms with van der Waals surface area (Å²) >= 11 is 5.96. The van der Waals surface area contributed by atoms with Gasteiger partial charge in [-0.1, -0.05) is 17.7 Å². The molecule has 0 unspecified atom stereocenters. The average Bonchev–Trinajstić information content (AvgIpc) is 2.36. The molecule has 0 bridgehead atoms. The van der Waals surface area contributed by atoms with E-state index in [0.29, 0.717) is 0 Å². The van der Waals surface area contributed by atoms with Gasteiger partial charge in [-0.05, 0) is 31.4 Å². The largest absolute Gasteiger partial charge is 0.478 e. The van der Waals surface area contributed by atoms with Crippen LogP contribution in [0.4, 0.5) is 5.69 Å². The normalized spacial score (nSPS) is 16.3. The van der Waals surface area contributed by atoms with Gasteiger partial charge in [0.2, 0.25) is 5.91 Å². The van der Waals surface area contributed by atoms with Crippen LogP contribution in [-0.2, 0) is 9.53 Å². The first kappa shape index (κ1) is 14.8. The summed E-state index contributed by atoms with van der Waals surface area (Å²) in [6, 6.07) is 4.47. The minimum absolute atomic E-state index is 0.0223. The van der Waals surface area contributed by atoms with Gasteiger partial charge >= 0.3 is 5.97 Å². The van der Waals surface area contributed by atoms with Crippen molar-refractivity contribution >= 4 is 29.2 Å². The molecule has 1 aromatic rings. The number of rotatable bonds is 5. The zero-order valence-corrected chi connectivity index (χ0v) is 11.9. The van der Waals surface area contributed by atoms with Gasteiger partial charge in [0.05, 0.1) is 28.3 Å².